The van der Waals surface area contributed by atoms with Crippen LogP contribution >= 0.6 is 0 Å². The number of aromatic amines is 1. The van der Waals surface area contributed by atoms with E-state index < -0.39 is 0 Å². The van der Waals surface area contributed by atoms with Gasteiger partial charge in [0.05, 0.1) is 14.2 Å². The van der Waals surface area contributed by atoms with Gasteiger partial charge < -0.3 is 19.4 Å². The van der Waals surface area contributed by atoms with Gasteiger partial charge in [-0.25, -0.2) is 0 Å². The average Bonchev–Trinajstić information content (AvgIpc) is 3.04. The van der Waals surface area contributed by atoms with Gasteiger partial charge in [0.1, 0.15) is 11.5 Å². The molecular formula is C20H20N2O3. The van der Waals surface area contributed by atoms with Crippen molar-refractivity contribution in [1.82, 2.24) is 9.88 Å². The number of hydrogen-bond donors (Lipinski definition) is 1. The lowest BCUT2D eigenvalue weighted by Crippen LogP contribution is -2.35. The molecule has 0 saturated carbocycles. The van der Waals surface area contributed by atoms with Gasteiger partial charge in [-0.3, -0.25) is 4.79 Å². The number of nitrogens with one attached hydrogen (secondary N) is 1. The van der Waals surface area contributed by atoms with Crippen molar-refractivity contribution in [2.45, 2.75) is 13.0 Å². The van der Waals surface area contributed by atoms with Gasteiger partial charge in [0, 0.05) is 53.3 Å². The maximum absolute atomic E-state index is 13.0. The zero-order chi connectivity index (χ0) is 17.4. The number of benzene rings is 2. The lowest BCUT2D eigenvalue weighted by molar-refractivity contribution is 0.0734. The number of fused-ring (bicyclic) bond motifs is 3. The second-order valence-electron chi connectivity index (χ2n) is 6.21. The molecule has 0 aliphatic carbocycles. The molecule has 1 aromatic heterocycles. The maximum atomic E-state index is 13.0. The van der Waals surface area contributed by atoms with Crippen molar-refractivity contribution in [3.8, 4) is 11.5 Å². The second kappa shape index (κ2) is 6.16. The minimum atomic E-state index is -0.00636. The van der Waals surface area contributed by atoms with Gasteiger partial charge in [0.2, 0.25) is 0 Å². The first-order valence-corrected chi connectivity index (χ1v) is 8.30. The Morgan fingerprint density at radius 3 is 2.52 bits per heavy atom. The molecule has 3 aromatic rings. The topological polar surface area (TPSA) is 54.6 Å². The molecular weight excluding hydrogens is 316 g/mol. The Morgan fingerprint density at radius 1 is 1.08 bits per heavy atom. The first-order valence-electron chi connectivity index (χ1n) is 8.30. The number of carbonyl (C=O) groups excluding carboxylic acids is 1. The van der Waals surface area contributed by atoms with E-state index in [0.717, 1.165) is 11.9 Å². The van der Waals surface area contributed by atoms with E-state index in [4.69, 9.17) is 9.47 Å². The van der Waals surface area contributed by atoms with Crippen LogP contribution in [0.1, 0.15) is 21.6 Å². The van der Waals surface area contributed by atoms with Crippen LogP contribution in [0.4, 0.5) is 0 Å². The molecule has 1 N–H and O–H groups in total. The molecule has 0 unspecified atom stereocenters. The number of nitrogens with zero attached hydrogens (tertiary/aromatic N) is 1. The van der Waals surface area contributed by atoms with Crippen LogP contribution in [0, 0.1) is 0 Å². The Labute approximate surface area is 146 Å². The zero-order valence-electron chi connectivity index (χ0n) is 14.3. The number of aromatic nitrogens is 1. The van der Waals surface area contributed by atoms with Crippen LogP contribution < -0.4 is 9.47 Å². The number of carbonyl (C=O) groups is 1. The van der Waals surface area contributed by atoms with E-state index in [1.54, 1.807) is 32.4 Å². The van der Waals surface area contributed by atoms with E-state index in [2.05, 4.69) is 17.1 Å². The average molecular weight is 336 g/mol. The van der Waals surface area contributed by atoms with E-state index in [-0.39, 0.29) is 5.91 Å². The lowest BCUT2D eigenvalue weighted by atomic mass is 10.0. The van der Waals surface area contributed by atoms with Crippen molar-refractivity contribution in [3.63, 3.8) is 0 Å². The van der Waals surface area contributed by atoms with Gasteiger partial charge in [-0.15, -0.1) is 0 Å². The number of amides is 1. The molecule has 0 spiro atoms. The summed E-state index contributed by atoms with van der Waals surface area (Å²) in [5.74, 6) is 1.23. The van der Waals surface area contributed by atoms with Crippen molar-refractivity contribution >= 4 is 16.8 Å². The van der Waals surface area contributed by atoms with Crippen LogP contribution in [0.5, 0.6) is 11.5 Å². The van der Waals surface area contributed by atoms with E-state index in [0.29, 0.717) is 30.2 Å². The Balaban J connectivity index is 1.66. The summed E-state index contributed by atoms with van der Waals surface area (Å²) >= 11 is 0. The van der Waals surface area contributed by atoms with Crippen LogP contribution in [-0.2, 0) is 13.0 Å². The molecule has 0 saturated heterocycles. The minimum Gasteiger partial charge on any atom is -0.497 e. The molecule has 4 rings (SSSR count). The largest absolute Gasteiger partial charge is 0.497 e. The van der Waals surface area contributed by atoms with Crippen LogP contribution in [0.25, 0.3) is 10.9 Å². The Morgan fingerprint density at radius 2 is 1.80 bits per heavy atom. The molecule has 128 valence electrons. The molecule has 5 heteroatoms. The third-order valence-corrected chi connectivity index (χ3v) is 4.77. The quantitative estimate of drug-likeness (QED) is 0.798. The highest BCUT2D eigenvalue weighted by molar-refractivity contribution is 5.96. The highest BCUT2D eigenvalue weighted by Gasteiger charge is 2.25. The molecule has 1 amide bonds. The molecule has 2 heterocycles. The van der Waals surface area contributed by atoms with Gasteiger partial charge in [-0.2, -0.15) is 0 Å². The molecule has 0 fully saturated rings. The molecule has 25 heavy (non-hydrogen) atoms. The van der Waals surface area contributed by atoms with Crippen molar-refractivity contribution < 1.29 is 14.3 Å². The summed E-state index contributed by atoms with van der Waals surface area (Å²) in [6.07, 6.45) is 0.830. The fourth-order valence-electron chi connectivity index (χ4n) is 3.45. The summed E-state index contributed by atoms with van der Waals surface area (Å²) in [5, 5.41) is 1.19. The minimum absolute atomic E-state index is 0.00636. The normalized spacial score (nSPS) is 13.6. The molecule has 5 nitrogen and oxygen atoms in total. The van der Waals surface area contributed by atoms with Crippen molar-refractivity contribution in [2.75, 3.05) is 20.8 Å². The first-order chi connectivity index (χ1) is 12.2. The highest BCUT2D eigenvalue weighted by atomic mass is 16.5. The van der Waals surface area contributed by atoms with Gasteiger partial charge >= 0.3 is 0 Å². The number of H-pyrrole nitrogens is 1. The monoisotopic (exact) mass is 336 g/mol. The van der Waals surface area contributed by atoms with E-state index in [1.807, 2.05) is 17.0 Å². The van der Waals surface area contributed by atoms with Gasteiger partial charge in [0.25, 0.3) is 5.91 Å². The summed E-state index contributed by atoms with van der Waals surface area (Å²) in [4.78, 5) is 18.4. The van der Waals surface area contributed by atoms with Crippen molar-refractivity contribution in [1.29, 1.82) is 0 Å². The fourth-order valence-corrected chi connectivity index (χ4v) is 3.45. The fraction of sp³-hybridized carbons (Fsp3) is 0.250. The summed E-state index contributed by atoms with van der Waals surface area (Å²) in [5.41, 5.74) is 4.16. The van der Waals surface area contributed by atoms with E-state index in [9.17, 15) is 4.79 Å². The standard InChI is InChI=1S/C20H20N2O3/c1-24-14-9-13(10-15(11-14)25-2)20(23)22-8-7-19-17(12-22)16-5-3-4-6-18(16)21-19/h3-6,9-11,21H,7-8,12H2,1-2H3. The first kappa shape index (κ1) is 15.6. The molecule has 0 radical (unpaired) electrons. The molecule has 0 atom stereocenters. The Kier molecular flexibility index (Phi) is 3.84. The molecule has 0 bridgehead atoms. The SMILES string of the molecule is COc1cc(OC)cc(C(=O)N2CCc3[nH]c4ccccc4c3C2)c1. The third kappa shape index (κ3) is 2.71. The van der Waals surface area contributed by atoms with E-state index in [1.165, 1.54) is 16.6 Å². The van der Waals surface area contributed by atoms with Crippen molar-refractivity contribution in [2.24, 2.45) is 0 Å². The summed E-state index contributed by atoms with van der Waals surface area (Å²) in [6, 6.07) is 13.5. The third-order valence-electron chi connectivity index (χ3n) is 4.77. The van der Waals surface area contributed by atoms with Gasteiger partial charge in [0.15, 0.2) is 0 Å². The predicted octanol–water partition coefficient (Wildman–Crippen LogP) is 3.38. The summed E-state index contributed by atoms with van der Waals surface area (Å²) in [6.45, 7) is 1.30. The van der Waals surface area contributed by atoms with Crippen LogP contribution in [0.15, 0.2) is 42.5 Å². The Hall–Kier alpha value is -2.95. The number of ether oxygens (including phenoxy) is 2. The smallest absolute Gasteiger partial charge is 0.254 e. The van der Waals surface area contributed by atoms with Crippen LogP contribution in [0.2, 0.25) is 0 Å². The predicted molar refractivity (Wildman–Crippen MR) is 96.3 cm³/mol. The number of methoxy groups -OCH3 is 2. The molecule has 2 aromatic carbocycles. The highest BCUT2D eigenvalue weighted by Crippen LogP contribution is 2.29. The van der Waals surface area contributed by atoms with Gasteiger partial charge in [-0.1, -0.05) is 18.2 Å². The number of para-hydroxylation sites is 1. The molecule has 1 aliphatic rings. The van der Waals surface area contributed by atoms with Crippen molar-refractivity contribution in [3.05, 3.63) is 59.3 Å². The Bertz CT molecular complexity index is 923. The van der Waals surface area contributed by atoms with Crippen LogP contribution in [0.3, 0.4) is 0 Å². The molecule has 1 aliphatic heterocycles. The second-order valence-corrected chi connectivity index (χ2v) is 6.21. The maximum Gasteiger partial charge on any atom is 0.254 e. The van der Waals surface area contributed by atoms with Gasteiger partial charge in [-0.05, 0) is 18.2 Å². The zero-order valence-corrected chi connectivity index (χ0v) is 14.3. The number of rotatable bonds is 3. The lowest BCUT2D eigenvalue weighted by Gasteiger charge is -2.27. The summed E-state index contributed by atoms with van der Waals surface area (Å²) < 4.78 is 10.6. The van der Waals surface area contributed by atoms with E-state index >= 15 is 0 Å². The van der Waals surface area contributed by atoms with Crippen LogP contribution in [-0.4, -0.2) is 36.6 Å². The summed E-state index contributed by atoms with van der Waals surface area (Å²) in [7, 11) is 3.17. The number of hydrogen-bond acceptors (Lipinski definition) is 3.